The van der Waals surface area contributed by atoms with Crippen molar-refractivity contribution in [1.82, 2.24) is 14.5 Å². The lowest BCUT2D eigenvalue weighted by Crippen LogP contribution is -2.32. The number of cyclic esters (lactones) is 1. The van der Waals surface area contributed by atoms with Gasteiger partial charge in [0.2, 0.25) is 0 Å². The zero-order valence-corrected chi connectivity index (χ0v) is 22.7. The zero-order valence-electron chi connectivity index (χ0n) is 22.7. The number of carbonyl (C=O) groups excluding carboxylic acids is 1. The van der Waals surface area contributed by atoms with E-state index in [1.807, 2.05) is 25.8 Å². The van der Waals surface area contributed by atoms with Crippen molar-refractivity contribution < 1.29 is 24.1 Å². The van der Waals surface area contributed by atoms with Gasteiger partial charge in [-0.3, -0.25) is 4.79 Å². The quantitative estimate of drug-likeness (QED) is 0.356. The van der Waals surface area contributed by atoms with Gasteiger partial charge in [0.15, 0.2) is 6.10 Å². The van der Waals surface area contributed by atoms with Crippen molar-refractivity contribution in [3.63, 3.8) is 0 Å². The summed E-state index contributed by atoms with van der Waals surface area (Å²) >= 11 is 0. The highest BCUT2D eigenvalue weighted by molar-refractivity contribution is 5.92. The Morgan fingerprint density at radius 3 is 2.58 bits per heavy atom. The molecule has 4 heterocycles. The Balaban J connectivity index is 0.00000164. The average molecular weight is 526 g/mol. The lowest BCUT2D eigenvalue weighted by molar-refractivity contribution is -0.157. The maximum atomic E-state index is 15.0. The van der Waals surface area contributed by atoms with Gasteiger partial charge in [-0.25, -0.2) is 14.2 Å². The van der Waals surface area contributed by atoms with Crippen LogP contribution in [0.4, 0.5) is 4.39 Å². The van der Waals surface area contributed by atoms with Crippen LogP contribution in [0, 0.1) is 12.7 Å². The minimum absolute atomic E-state index is 0.0482. The molecule has 0 fully saturated rings. The summed E-state index contributed by atoms with van der Waals surface area (Å²) in [5.41, 5.74) is 5.23. The van der Waals surface area contributed by atoms with E-state index in [0.717, 1.165) is 28.5 Å². The third kappa shape index (κ3) is 4.63. The molecule has 0 radical (unpaired) electrons. The second kappa shape index (κ2) is 11.3. The van der Waals surface area contributed by atoms with E-state index in [9.17, 15) is 24.2 Å². The predicted molar refractivity (Wildman–Crippen MR) is 144 cm³/mol. The molecule has 2 N–H and O–H groups in total. The van der Waals surface area contributed by atoms with Crippen molar-refractivity contribution in [2.75, 3.05) is 26.7 Å². The lowest BCUT2D eigenvalue weighted by atomic mass is 9.90. The number of aryl methyl sites for hydroxylation is 1. The highest BCUT2D eigenvalue weighted by Gasteiger charge is 2.35. The fourth-order valence-electron chi connectivity index (χ4n) is 5.46. The Hall–Kier alpha value is -3.14. The number of rotatable bonds is 7. The molecule has 0 aliphatic carbocycles. The molecule has 1 unspecified atom stereocenters. The molecule has 38 heavy (non-hydrogen) atoms. The Labute approximate surface area is 221 Å². The SMILES string of the molecule is CC.CCCc1c(C)c(F)cc2nc3c(c(CCN(C)CCO)c12)Cn1c-3cc2c(c1=O)COC(=O)C2O. The predicted octanol–water partition coefficient (Wildman–Crippen LogP) is 3.41. The molecule has 5 rings (SSSR count). The van der Waals surface area contributed by atoms with Crippen LogP contribution < -0.4 is 5.56 Å². The first-order chi connectivity index (χ1) is 18.3. The smallest absolute Gasteiger partial charge is 0.340 e. The van der Waals surface area contributed by atoms with Crippen LogP contribution in [0.5, 0.6) is 0 Å². The van der Waals surface area contributed by atoms with Gasteiger partial charge in [0.05, 0.1) is 35.6 Å². The van der Waals surface area contributed by atoms with E-state index in [2.05, 4.69) is 6.92 Å². The van der Waals surface area contributed by atoms with Crippen LogP contribution in [-0.2, 0) is 35.5 Å². The van der Waals surface area contributed by atoms with E-state index in [4.69, 9.17) is 9.72 Å². The number of benzene rings is 1. The summed E-state index contributed by atoms with van der Waals surface area (Å²) in [4.78, 5) is 32.2. The minimum atomic E-state index is -1.53. The molecule has 0 amide bonds. The van der Waals surface area contributed by atoms with Gasteiger partial charge in [-0.05, 0) is 49.6 Å². The van der Waals surface area contributed by atoms with Gasteiger partial charge >= 0.3 is 5.97 Å². The van der Waals surface area contributed by atoms with Gasteiger partial charge in [0.25, 0.3) is 5.56 Å². The van der Waals surface area contributed by atoms with E-state index in [1.54, 1.807) is 17.6 Å². The van der Waals surface area contributed by atoms with Crippen molar-refractivity contribution in [2.45, 2.75) is 66.2 Å². The highest BCUT2D eigenvalue weighted by Crippen LogP contribution is 2.40. The molecule has 1 atom stereocenters. The van der Waals surface area contributed by atoms with Gasteiger partial charge in [-0.1, -0.05) is 27.2 Å². The summed E-state index contributed by atoms with van der Waals surface area (Å²) in [6, 6.07) is 3.10. The molecule has 3 aromatic rings. The van der Waals surface area contributed by atoms with Crippen LogP contribution >= 0.6 is 0 Å². The number of esters is 1. The van der Waals surface area contributed by atoms with Crippen molar-refractivity contribution >= 4 is 16.9 Å². The number of aliphatic hydroxyl groups excluding tert-OH is 2. The summed E-state index contributed by atoms with van der Waals surface area (Å²) in [6.45, 7) is 9.20. The second-order valence-electron chi connectivity index (χ2n) is 9.67. The number of pyridine rings is 2. The number of halogens is 1. The molecule has 204 valence electrons. The van der Waals surface area contributed by atoms with Crippen LogP contribution in [0.2, 0.25) is 0 Å². The Morgan fingerprint density at radius 2 is 1.89 bits per heavy atom. The third-order valence-corrected chi connectivity index (χ3v) is 7.41. The van der Waals surface area contributed by atoms with Crippen molar-refractivity contribution in [3.8, 4) is 11.4 Å². The van der Waals surface area contributed by atoms with E-state index in [-0.39, 0.29) is 35.7 Å². The van der Waals surface area contributed by atoms with Crippen molar-refractivity contribution in [1.29, 1.82) is 0 Å². The fourth-order valence-corrected chi connectivity index (χ4v) is 5.46. The number of fused-ring (bicyclic) bond motifs is 5. The molecule has 8 nitrogen and oxygen atoms in total. The van der Waals surface area contributed by atoms with Gasteiger partial charge in [0, 0.05) is 35.7 Å². The number of aromatic nitrogens is 2. The van der Waals surface area contributed by atoms with E-state index >= 15 is 0 Å². The minimum Gasteiger partial charge on any atom is -0.458 e. The van der Waals surface area contributed by atoms with Crippen molar-refractivity contribution in [2.24, 2.45) is 0 Å². The number of aliphatic hydroxyl groups is 2. The maximum absolute atomic E-state index is 15.0. The maximum Gasteiger partial charge on any atom is 0.340 e. The van der Waals surface area contributed by atoms with Crippen molar-refractivity contribution in [3.05, 3.63) is 61.7 Å². The number of hydrogen-bond donors (Lipinski definition) is 2. The third-order valence-electron chi connectivity index (χ3n) is 7.41. The first-order valence-electron chi connectivity index (χ1n) is 13.3. The Kier molecular flexibility index (Phi) is 8.30. The summed E-state index contributed by atoms with van der Waals surface area (Å²) in [5.74, 6) is -1.10. The monoisotopic (exact) mass is 525 g/mol. The molecule has 0 saturated heterocycles. The van der Waals surface area contributed by atoms with Gasteiger partial charge in [0.1, 0.15) is 12.4 Å². The van der Waals surface area contributed by atoms with Gasteiger partial charge in [-0.15, -0.1) is 0 Å². The lowest BCUT2D eigenvalue weighted by Gasteiger charge is -2.21. The standard InChI is InChI=1S/C27H30FN3O5.C2H6/c1-4-5-15-14(2)20(28)11-21-23(15)16(6-7-30(3)8-9-32)18-12-31-22(24(18)29-21)10-17-19(26(31)34)13-36-27(35)25(17)33;1-2/h10-11,25,32-33H,4-9,12-13H2,1-3H3;1-2H3. The van der Waals surface area contributed by atoms with E-state index < -0.39 is 12.1 Å². The molecular weight excluding hydrogens is 489 g/mol. The Bertz CT molecular complexity index is 1450. The molecule has 9 heteroatoms. The highest BCUT2D eigenvalue weighted by atomic mass is 19.1. The van der Waals surface area contributed by atoms with E-state index in [1.165, 1.54) is 6.07 Å². The fraction of sp³-hybridized carbons (Fsp3) is 0.483. The number of hydrogen-bond acceptors (Lipinski definition) is 7. The molecule has 0 spiro atoms. The topological polar surface area (TPSA) is 105 Å². The van der Waals surface area contributed by atoms with Crippen LogP contribution in [0.15, 0.2) is 16.9 Å². The van der Waals surface area contributed by atoms with Gasteiger partial charge < -0.3 is 24.4 Å². The Morgan fingerprint density at radius 1 is 1.16 bits per heavy atom. The number of carbonyl (C=O) groups is 1. The second-order valence-corrected chi connectivity index (χ2v) is 9.67. The molecule has 2 aliphatic rings. The van der Waals surface area contributed by atoms with Crippen LogP contribution in [0.3, 0.4) is 0 Å². The first kappa shape index (κ1) is 27.9. The van der Waals surface area contributed by atoms with Crippen LogP contribution in [0.1, 0.15) is 66.7 Å². The number of likely N-dealkylation sites (N-methyl/N-ethyl adjacent to an activating group) is 1. The molecule has 0 bridgehead atoms. The first-order valence-corrected chi connectivity index (χ1v) is 13.3. The molecule has 1 aromatic carbocycles. The summed E-state index contributed by atoms with van der Waals surface area (Å²) < 4.78 is 21.6. The molecule has 0 saturated carbocycles. The summed E-state index contributed by atoms with van der Waals surface area (Å²) in [5, 5.41) is 20.7. The largest absolute Gasteiger partial charge is 0.458 e. The average Bonchev–Trinajstić information content (AvgIpc) is 3.27. The molecule has 2 aromatic heterocycles. The molecular formula is C29H36FN3O5. The molecule has 2 aliphatic heterocycles. The normalized spacial score (nSPS) is 15.6. The number of ether oxygens (including phenoxy) is 1. The number of nitrogens with zero attached hydrogens (tertiary/aromatic N) is 3. The van der Waals surface area contributed by atoms with E-state index in [0.29, 0.717) is 54.9 Å². The zero-order chi connectivity index (χ0) is 27.7. The van der Waals surface area contributed by atoms with Crippen LogP contribution in [-0.4, -0.2) is 57.4 Å². The van der Waals surface area contributed by atoms with Crippen LogP contribution in [0.25, 0.3) is 22.3 Å². The summed E-state index contributed by atoms with van der Waals surface area (Å²) in [6.07, 6.45) is 0.650. The van der Waals surface area contributed by atoms with Gasteiger partial charge in [-0.2, -0.15) is 0 Å². The summed E-state index contributed by atoms with van der Waals surface area (Å²) in [7, 11) is 1.93.